The molecule has 1 fully saturated rings. The van der Waals surface area contributed by atoms with Crippen molar-refractivity contribution in [2.75, 3.05) is 10.6 Å². The van der Waals surface area contributed by atoms with Gasteiger partial charge in [-0.2, -0.15) is 0 Å². The molecular formula is C10H9FN2O. The molecule has 1 amide bonds. The molecule has 2 N–H and O–H groups in total. The molecule has 0 aromatic heterocycles. The van der Waals surface area contributed by atoms with Gasteiger partial charge >= 0.3 is 0 Å². The standard InChI is InChI=1S/C10H9FN2O/c11-6-2-1-3-7-8(6)12-9(14)10(13-7)4-5-10/h1-3,13H,4-5H2,(H,12,14). The number of benzene rings is 1. The van der Waals surface area contributed by atoms with Gasteiger partial charge in [-0.15, -0.1) is 0 Å². The SMILES string of the molecule is O=C1Nc2c(F)cccc2NC12CC2. The molecule has 0 bridgehead atoms. The minimum Gasteiger partial charge on any atom is -0.369 e. The van der Waals surface area contributed by atoms with Crippen molar-refractivity contribution < 1.29 is 9.18 Å². The third-order valence-corrected chi connectivity index (χ3v) is 2.81. The molecule has 1 spiro atoms. The van der Waals surface area contributed by atoms with E-state index in [2.05, 4.69) is 10.6 Å². The van der Waals surface area contributed by atoms with E-state index >= 15 is 0 Å². The van der Waals surface area contributed by atoms with E-state index in [-0.39, 0.29) is 17.4 Å². The highest BCUT2D eigenvalue weighted by Crippen LogP contribution is 2.45. The molecule has 1 heterocycles. The first-order valence-corrected chi connectivity index (χ1v) is 4.59. The van der Waals surface area contributed by atoms with Crippen LogP contribution in [0.3, 0.4) is 0 Å². The van der Waals surface area contributed by atoms with Crippen LogP contribution in [-0.2, 0) is 4.79 Å². The Bertz CT molecular complexity index is 426. The Hall–Kier alpha value is -1.58. The number of para-hydroxylation sites is 1. The number of anilines is 2. The molecule has 72 valence electrons. The van der Waals surface area contributed by atoms with Crippen molar-refractivity contribution in [1.29, 1.82) is 0 Å². The van der Waals surface area contributed by atoms with Crippen molar-refractivity contribution >= 4 is 17.3 Å². The summed E-state index contributed by atoms with van der Waals surface area (Å²) in [6.07, 6.45) is 1.66. The van der Waals surface area contributed by atoms with E-state index in [1.165, 1.54) is 6.07 Å². The van der Waals surface area contributed by atoms with Gasteiger partial charge in [0.1, 0.15) is 17.0 Å². The highest BCUT2D eigenvalue weighted by atomic mass is 19.1. The van der Waals surface area contributed by atoms with Crippen LogP contribution in [0.25, 0.3) is 0 Å². The van der Waals surface area contributed by atoms with Crippen LogP contribution in [0.2, 0.25) is 0 Å². The number of amides is 1. The predicted molar refractivity (Wildman–Crippen MR) is 50.6 cm³/mol. The maximum absolute atomic E-state index is 13.3. The average molecular weight is 192 g/mol. The largest absolute Gasteiger partial charge is 0.369 e. The second kappa shape index (κ2) is 2.26. The molecule has 0 atom stereocenters. The molecule has 1 aromatic carbocycles. The van der Waals surface area contributed by atoms with Gasteiger partial charge in [0, 0.05) is 0 Å². The smallest absolute Gasteiger partial charge is 0.250 e. The Morgan fingerprint density at radius 1 is 1.36 bits per heavy atom. The average Bonchev–Trinajstić information content (AvgIpc) is 2.91. The summed E-state index contributed by atoms with van der Waals surface area (Å²) in [7, 11) is 0. The lowest BCUT2D eigenvalue weighted by molar-refractivity contribution is -0.117. The first-order valence-electron chi connectivity index (χ1n) is 4.59. The van der Waals surface area contributed by atoms with Gasteiger partial charge in [0.15, 0.2) is 0 Å². The van der Waals surface area contributed by atoms with E-state index < -0.39 is 5.54 Å². The number of carbonyl (C=O) groups is 1. The van der Waals surface area contributed by atoms with Crippen molar-refractivity contribution in [3.8, 4) is 0 Å². The van der Waals surface area contributed by atoms with Crippen LogP contribution in [0.15, 0.2) is 18.2 Å². The Balaban J connectivity index is 2.11. The number of hydrogen-bond acceptors (Lipinski definition) is 2. The highest BCUT2D eigenvalue weighted by molar-refractivity contribution is 6.08. The second-order valence-electron chi connectivity index (χ2n) is 3.82. The summed E-state index contributed by atoms with van der Waals surface area (Å²) in [5.74, 6) is -0.506. The van der Waals surface area contributed by atoms with E-state index in [1.807, 2.05) is 0 Å². The zero-order valence-corrected chi connectivity index (χ0v) is 7.43. The molecular weight excluding hydrogens is 183 g/mol. The monoisotopic (exact) mass is 192 g/mol. The van der Waals surface area contributed by atoms with Crippen LogP contribution < -0.4 is 10.6 Å². The topological polar surface area (TPSA) is 41.1 Å². The molecule has 1 aliphatic heterocycles. The van der Waals surface area contributed by atoms with Crippen LogP contribution in [0.1, 0.15) is 12.8 Å². The first kappa shape index (κ1) is 7.79. The highest BCUT2D eigenvalue weighted by Gasteiger charge is 2.52. The molecule has 0 saturated heterocycles. The molecule has 1 saturated carbocycles. The van der Waals surface area contributed by atoms with Gasteiger partial charge in [0.25, 0.3) is 0 Å². The molecule has 14 heavy (non-hydrogen) atoms. The van der Waals surface area contributed by atoms with Crippen LogP contribution in [0.5, 0.6) is 0 Å². The van der Waals surface area contributed by atoms with Gasteiger partial charge in [0.2, 0.25) is 5.91 Å². The van der Waals surface area contributed by atoms with Crippen molar-refractivity contribution in [1.82, 2.24) is 0 Å². The minimum atomic E-state index is -0.444. The Morgan fingerprint density at radius 2 is 2.14 bits per heavy atom. The zero-order chi connectivity index (χ0) is 9.76. The molecule has 0 radical (unpaired) electrons. The number of rotatable bonds is 0. The number of nitrogens with one attached hydrogen (secondary N) is 2. The lowest BCUT2D eigenvalue weighted by Crippen LogP contribution is -2.41. The fourth-order valence-electron chi connectivity index (χ4n) is 1.78. The minimum absolute atomic E-state index is 0.116. The Kier molecular flexibility index (Phi) is 1.26. The van der Waals surface area contributed by atoms with Gasteiger partial charge in [-0.05, 0) is 25.0 Å². The van der Waals surface area contributed by atoms with Crippen LogP contribution >= 0.6 is 0 Å². The summed E-state index contributed by atoms with van der Waals surface area (Å²) < 4.78 is 13.3. The van der Waals surface area contributed by atoms with Crippen LogP contribution in [0.4, 0.5) is 15.8 Å². The molecule has 4 heteroatoms. The third kappa shape index (κ3) is 0.880. The number of carbonyl (C=O) groups excluding carboxylic acids is 1. The van der Waals surface area contributed by atoms with E-state index in [0.717, 1.165) is 12.8 Å². The summed E-state index contributed by atoms with van der Waals surface area (Å²) in [5.41, 5.74) is 0.512. The van der Waals surface area contributed by atoms with Crippen molar-refractivity contribution in [3.63, 3.8) is 0 Å². The summed E-state index contributed by atoms with van der Waals surface area (Å²) in [6, 6.07) is 4.75. The second-order valence-corrected chi connectivity index (χ2v) is 3.82. The quantitative estimate of drug-likeness (QED) is 0.657. The van der Waals surface area contributed by atoms with Gasteiger partial charge in [-0.3, -0.25) is 4.79 Å². The van der Waals surface area contributed by atoms with E-state index in [1.54, 1.807) is 12.1 Å². The maximum atomic E-state index is 13.3. The van der Waals surface area contributed by atoms with E-state index in [4.69, 9.17) is 0 Å². The van der Waals surface area contributed by atoms with E-state index in [0.29, 0.717) is 5.69 Å². The van der Waals surface area contributed by atoms with Gasteiger partial charge < -0.3 is 10.6 Å². The number of fused-ring (bicyclic) bond motifs is 1. The zero-order valence-electron chi connectivity index (χ0n) is 7.43. The maximum Gasteiger partial charge on any atom is 0.250 e. The van der Waals surface area contributed by atoms with Crippen molar-refractivity contribution in [2.45, 2.75) is 18.4 Å². The lowest BCUT2D eigenvalue weighted by atomic mass is 10.1. The predicted octanol–water partition coefficient (Wildman–Crippen LogP) is 1.72. The van der Waals surface area contributed by atoms with Gasteiger partial charge in [-0.25, -0.2) is 4.39 Å². The fraction of sp³-hybridized carbons (Fsp3) is 0.300. The van der Waals surface area contributed by atoms with Gasteiger partial charge in [0.05, 0.1) is 5.69 Å². The fourth-order valence-corrected chi connectivity index (χ4v) is 1.78. The third-order valence-electron chi connectivity index (χ3n) is 2.81. The molecule has 0 unspecified atom stereocenters. The summed E-state index contributed by atoms with van der Waals surface area (Å²) in [6.45, 7) is 0. The molecule has 3 rings (SSSR count). The van der Waals surface area contributed by atoms with Gasteiger partial charge in [-0.1, -0.05) is 6.07 Å². The molecule has 1 aliphatic carbocycles. The first-order chi connectivity index (χ1) is 6.71. The summed E-state index contributed by atoms with van der Waals surface area (Å²) in [4.78, 5) is 11.6. The van der Waals surface area contributed by atoms with Crippen molar-refractivity contribution in [3.05, 3.63) is 24.0 Å². The summed E-state index contributed by atoms with van der Waals surface area (Å²) in [5, 5.41) is 5.69. The number of halogens is 1. The van der Waals surface area contributed by atoms with E-state index in [9.17, 15) is 9.18 Å². The lowest BCUT2D eigenvalue weighted by Gasteiger charge is -2.26. The normalized spacial score (nSPS) is 21.1. The number of hydrogen-bond donors (Lipinski definition) is 2. The van der Waals surface area contributed by atoms with Crippen LogP contribution in [-0.4, -0.2) is 11.4 Å². The Morgan fingerprint density at radius 3 is 2.86 bits per heavy atom. The molecule has 3 nitrogen and oxygen atoms in total. The molecule has 2 aliphatic rings. The summed E-state index contributed by atoms with van der Waals surface area (Å²) >= 11 is 0. The van der Waals surface area contributed by atoms with Crippen LogP contribution in [0, 0.1) is 5.82 Å². The Labute approximate surface area is 80.3 Å². The molecule has 1 aromatic rings. The van der Waals surface area contributed by atoms with Crippen molar-refractivity contribution in [2.24, 2.45) is 0 Å².